The number of hydrogen-bond acceptors (Lipinski definition) is 8. The zero-order chi connectivity index (χ0) is 19.2. The highest BCUT2D eigenvalue weighted by atomic mass is 32.1. The number of piperazine rings is 1. The van der Waals surface area contributed by atoms with Crippen LogP contribution in [0.3, 0.4) is 0 Å². The number of hydrogen-bond donors (Lipinski definition) is 0. The molecule has 2 amide bonds. The summed E-state index contributed by atoms with van der Waals surface area (Å²) in [5, 5.41) is 4.31. The Balaban J connectivity index is 1.45. The summed E-state index contributed by atoms with van der Waals surface area (Å²) in [5.41, 5.74) is 0.198. The average molecular weight is 409 g/mol. The van der Waals surface area contributed by atoms with Crippen LogP contribution >= 0.6 is 22.7 Å². The van der Waals surface area contributed by atoms with Crippen LogP contribution < -0.4 is 0 Å². The van der Waals surface area contributed by atoms with E-state index in [4.69, 9.17) is 9.47 Å². The molecular formula is C17H19N3O5S2. The Morgan fingerprint density at radius 1 is 1.11 bits per heavy atom. The molecule has 10 heteroatoms. The van der Waals surface area contributed by atoms with Gasteiger partial charge in [-0.2, -0.15) is 0 Å². The van der Waals surface area contributed by atoms with Crippen molar-refractivity contribution in [3.8, 4) is 9.88 Å². The number of thiazole rings is 1. The van der Waals surface area contributed by atoms with Crippen molar-refractivity contribution in [3.63, 3.8) is 0 Å². The van der Waals surface area contributed by atoms with Gasteiger partial charge in [0.05, 0.1) is 11.5 Å². The second-order valence-electron chi connectivity index (χ2n) is 5.66. The van der Waals surface area contributed by atoms with Gasteiger partial charge in [-0.05, 0) is 18.4 Å². The van der Waals surface area contributed by atoms with Crippen LogP contribution in [0.4, 0.5) is 4.79 Å². The normalized spacial score (nSPS) is 14.1. The van der Waals surface area contributed by atoms with E-state index in [1.165, 1.54) is 11.3 Å². The first-order valence-corrected chi connectivity index (χ1v) is 10.2. The van der Waals surface area contributed by atoms with Gasteiger partial charge in [-0.15, -0.1) is 22.7 Å². The smallest absolute Gasteiger partial charge is 0.409 e. The molecule has 0 aliphatic carbocycles. The van der Waals surface area contributed by atoms with Gasteiger partial charge in [0.1, 0.15) is 5.01 Å². The Labute approximate surface area is 164 Å². The van der Waals surface area contributed by atoms with Crippen LogP contribution in [0.2, 0.25) is 0 Å². The third-order valence-corrected chi connectivity index (χ3v) is 5.81. The van der Waals surface area contributed by atoms with Gasteiger partial charge in [0.15, 0.2) is 12.3 Å². The monoisotopic (exact) mass is 409 g/mol. The van der Waals surface area contributed by atoms with Crippen molar-refractivity contribution in [2.45, 2.75) is 6.92 Å². The number of carbonyl (C=O) groups is 3. The molecule has 0 N–H and O–H groups in total. The number of aromatic nitrogens is 1. The molecular weight excluding hydrogens is 390 g/mol. The van der Waals surface area contributed by atoms with Crippen LogP contribution in [0, 0.1) is 0 Å². The summed E-state index contributed by atoms with van der Waals surface area (Å²) < 4.78 is 10.0. The maximum absolute atomic E-state index is 12.2. The molecule has 0 saturated carbocycles. The summed E-state index contributed by atoms with van der Waals surface area (Å²) in [6.45, 7) is 3.28. The molecule has 0 radical (unpaired) electrons. The molecule has 2 aromatic rings. The molecule has 0 bridgehead atoms. The zero-order valence-corrected chi connectivity index (χ0v) is 16.4. The molecule has 2 aromatic heterocycles. The number of ether oxygens (including phenoxy) is 2. The number of rotatable bonds is 5. The maximum Gasteiger partial charge on any atom is 0.409 e. The van der Waals surface area contributed by atoms with Crippen molar-refractivity contribution in [3.05, 3.63) is 28.6 Å². The summed E-state index contributed by atoms with van der Waals surface area (Å²) in [4.78, 5) is 44.4. The van der Waals surface area contributed by atoms with Crippen LogP contribution in [0.15, 0.2) is 22.9 Å². The van der Waals surface area contributed by atoms with Gasteiger partial charge in [0.25, 0.3) is 5.91 Å². The van der Waals surface area contributed by atoms with E-state index in [9.17, 15) is 14.4 Å². The fourth-order valence-electron chi connectivity index (χ4n) is 2.53. The fraction of sp³-hybridized carbons (Fsp3) is 0.412. The van der Waals surface area contributed by atoms with Gasteiger partial charge in [-0.3, -0.25) is 4.79 Å². The number of amides is 2. The molecule has 1 aliphatic rings. The largest absolute Gasteiger partial charge is 0.451 e. The van der Waals surface area contributed by atoms with Crippen molar-refractivity contribution in [1.82, 2.24) is 14.8 Å². The highest BCUT2D eigenvalue weighted by Crippen LogP contribution is 2.27. The van der Waals surface area contributed by atoms with Gasteiger partial charge in [-0.1, -0.05) is 6.07 Å². The van der Waals surface area contributed by atoms with E-state index in [2.05, 4.69) is 4.98 Å². The Bertz CT molecular complexity index is 797. The molecule has 1 saturated heterocycles. The second-order valence-corrected chi connectivity index (χ2v) is 7.46. The van der Waals surface area contributed by atoms with Crippen molar-refractivity contribution >= 4 is 40.6 Å². The van der Waals surface area contributed by atoms with E-state index in [1.54, 1.807) is 33.4 Å². The summed E-state index contributed by atoms with van der Waals surface area (Å²) in [5.74, 6) is -0.909. The van der Waals surface area contributed by atoms with Crippen molar-refractivity contribution < 1.29 is 23.9 Å². The van der Waals surface area contributed by atoms with E-state index in [0.717, 1.165) is 9.88 Å². The van der Waals surface area contributed by atoms with E-state index in [0.29, 0.717) is 32.8 Å². The standard InChI is InChI=1S/C17H19N3O5S2/c1-2-24-17(23)20-7-5-19(6-8-20)14(21)10-25-16(22)12-11-27-15(18-12)13-4-3-9-26-13/h3-4,9,11H,2,5-8,10H2,1H3. The van der Waals surface area contributed by atoms with Crippen molar-refractivity contribution in [1.29, 1.82) is 0 Å². The van der Waals surface area contributed by atoms with Gasteiger partial charge in [0.2, 0.25) is 0 Å². The minimum atomic E-state index is -0.618. The van der Waals surface area contributed by atoms with Crippen LogP contribution in [-0.2, 0) is 14.3 Å². The molecule has 3 heterocycles. The summed E-state index contributed by atoms with van der Waals surface area (Å²) in [6.07, 6.45) is -0.374. The van der Waals surface area contributed by atoms with Crippen LogP contribution in [0.1, 0.15) is 17.4 Å². The minimum Gasteiger partial charge on any atom is -0.451 e. The Hall–Kier alpha value is -2.46. The van der Waals surface area contributed by atoms with E-state index >= 15 is 0 Å². The molecule has 144 valence electrons. The molecule has 1 fully saturated rings. The van der Waals surface area contributed by atoms with E-state index in [-0.39, 0.29) is 24.3 Å². The van der Waals surface area contributed by atoms with Crippen LogP contribution in [0.25, 0.3) is 9.88 Å². The predicted octanol–water partition coefficient (Wildman–Crippen LogP) is 2.33. The minimum absolute atomic E-state index is 0.198. The highest BCUT2D eigenvalue weighted by Gasteiger charge is 2.25. The summed E-state index contributed by atoms with van der Waals surface area (Å²) >= 11 is 2.90. The maximum atomic E-state index is 12.2. The molecule has 27 heavy (non-hydrogen) atoms. The SMILES string of the molecule is CCOC(=O)N1CCN(C(=O)COC(=O)c2csc(-c3cccs3)n2)CC1. The van der Waals surface area contributed by atoms with Gasteiger partial charge < -0.3 is 19.3 Å². The second kappa shape index (κ2) is 8.96. The molecule has 8 nitrogen and oxygen atoms in total. The molecule has 1 aliphatic heterocycles. The number of esters is 1. The lowest BCUT2D eigenvalue weighted by Gasteiger charge is -2.33. The first kappa shape index (κ1) is 19.3. The zero-order valence-electron chi connectivity index (χ0n) is 14.8. The third kappa shape index (κ3) is 4.83. The van der Waals surface area contributed by atoms with Gasteiger partial charge >= 0.3 is 12.1 Å². The lowest BCUT2D eigenvalue weighted by atomic mass is 10.3. The molecule has 0 spiro atoms. The quantitative estimate of drug-likeness (QED) is 0.704. The Kier molecular flexibility index (Phi) is 6.40. The first-order valence-electron chi connectivity index (χ1n) is 8.44. The topological polar surface area (TPSA) is 89.0 Å². The highest BCUT2D eigenvalue weighted by molar-refractivity contribution is 7.20. The van der Waals surface area contributed by atoms with E-state index in [1.807, 2.05) is 17.5 Å². The van der Waals surface area contributed by atoms with E-state index < -0.39 is 5.97 Å². The predicted molar refractivity (Wildman–Crippen MR) is 101 cm³/mol. The fourth-order valence-corrected chi connectivity index (χ4v) is 4.13. The Morgan fingerprint density at radius 3 is 2.52 bits per heavy atom. The summed E-state index contributed by atoms with van der Waals surface area (Å²) in [7, 11) is 0. The Morgan fingerprint density at radius 2 is 1.85 bits per heavy atom. The number of carbonyl (C=O) groups excluding carboxylic acids is 3. The number of nitrogens with zero attached hydrogens (tertiary/aromatic N) is 3. The third-order valence-electron chi connectivity index (χ3n) is 3.93. The van der Waals surface area contributed by atoms with Crippen molar-refractivity contribution in [2.75, 3.05) is 39.4 Å². The summed E-state index contributed by atoms with van der Waals surface area (Å²) in [6, 6.07) is 3.85. The number of thiophene rings is 1. The molecule has 3 rings (SSSR count). The van der Waals surface area contributed by atoms with Crippen LogP contribution in [0.5, 0.6) is 0 Å². The lowest BCUT2D eigenvalue weighted by Crippen LogP contribution is -2.51. The molecule has 0 aromatic carbocycles. The van der Waals surface area contributed by atoms with Crippen LogP contribution in [-0.4, -0.2) is 72.1 Å². The average Bonchev–Trinajstić information content (AvgIpc) is 3.37. The molecule has 0 atom stereocenters. The first-order chi connectivity index (χ1) is 13.1. The van der Waals surface area contributed by atoms with Gasteiger partial charge in [0, 0.05) is 31.6 Å². The van der Waals surface area contributed by atoms with Gasteiger partial charge in [-0.25, -0.2) is 14.6 Å². The van der Waals surface area contributed by atoms with Crippen molar-refractivity contribution in [2.24, 2.45) is 0 Å². The molecule has 0 unspecified atom stereocenters. The lowest BCUT2D eigenvalue weighted by molar-refractivity contribution is -0.136.